The molecule has 4 aromatic rings. The summed E-state index contributed by atoms with van der Waals surface area (Å²) >= 11 is 0. The van der Waals surface area contributed by atoms with Crippen LogP contribution < -0.4 is 5.56 Å². The molecule has 3 aromatic heterocycles. The minimum Gasteiger partial charge on any atom is -0.286 e. The normalized spacial score (nSPS) is 12.5. The number of para-hydroxylation sites is 1. The molecule has 0 spiro atoms. The molecule has 1 aromatic carbocycles. The standard InChI is InChI=1S/C17H10N4O/c22-17-12-5-3-7-18-15(12)20-16-14-11(9-21(16)17)8-10-4-1-2-6-13(10)19-14/h1-8H,9H2. The highest BCUT2D eigenvalue weighted by atomic mass is 16.1. The molecular formula is C17H10N4O. The summed E-state index contributed by atoms with van der Waals surface area (Å²) in [5.74, 6) is 0.608. The van der Waals surface area contributed by atoms with E-state index in [1.165, 1.54) is 0 Å². The molecule has 5 rings (SSSR count). The van der Waals surface area contributed by atoms with E-state index in [2.05, 4.69) is 16.0 Å². The molecule has 1 aliphatic rings. The monoisotopic (exact) mass is 286 g/mol. The highest BCUT2D eigenvalue weighted by molar-refractivity contribution is 5.84. The maximum atomic E-state index is 12.6. The maximum Gasteiger partial charge on any atom is 0.263 e. The van der Waals surface area contributed by atoms with Crippen LogP contribution in [-0.2, 0) is 6.54 Å². The molecule has 0 N–H and O–H groups in total. The molecule has 0 atom stereocenters. The maximum absolute atomic E-state index is 12.6. The Balaban J connectivity index is 1.90. The number of fused-ring (bicyclic) bond motifs is 5. The number of pyridine rings is 2. The van der Waals surface area contributed by atoms with Crippen LogP contribution in [-0.4, -0.2) is 19.5 Å². The number of aromatic nitrogens is 4. The van der Waals surface area contributed by atoms with Gasteiger partial charge >= 0.3 is 0 Å². The summed E-state index contributed by atoms with van der Waals surface area (Å²) in [6.45, 7) is 0.513. The first-order valence-corrected chi connectivity index (χ1v) is 7.06. The van der Waals surface area contributed by atoms with Gasteiger partial charge in [0, 0.05) is 17.1 Å². The van der Waals surface area contributed by atoms with Gasteiger partial charge in [-0.1, -0.05) is 18.2 Å². The summed E-state index contributed by atoms with van der Waals surface area (Å²) in [4.78, 5) is 26.1. The average Bonchev–Trinajstić information content (AvgIpc) is 2.91. The fourth-order valence-electron chi connectivity index (χ4n) is 3.03. The van der Waals surface area contributed by atoms with Crippen molar-refractivity contribution in [3.8, 4) is 11.5 Å². The molecule has 0 amide bonds. The molecule has 0 saturated heterocycles. The summed E-state index contributed by atoms with van der Waals surface area (Å²) in [5, 5.41) is 1.62. The van der Waals surface area contributed by atoms with Crippen LogP contribution in [0.5, 0.6) is 0 Å². The molecule has 5 heteroatoms. The van der Waals surface area contributed by atoms with E-state index < -0.39 is 0 Å². The lowest BCUT2D eigenvalue weighted by Gasteiger charge is -2.03. The summed E-state index contributed by atoms with van der Waals surface area (Å²) in [7, 11) is 0. The SMILES string of the molecule is O=c1c2cccnc2nc2n1Cc1cc3ccccc3nc1-2. The van der Waals surface area contributed by atoms with Crippen LogP contribution in [0.2, 0.25) is 0 Å². The Hall–Kier alpha value is -3.08. The van der Waals surface area contributed by atoms with E-state index in [4.69, 9.17) is 4.98 Å². The Morgan fingerprint density at radius 2 is 1.95 bits per heavy atom. The Bertz CT molecular complexity index is 1130. The molecule has 0 bridgehead atoms. The summed E-state index contributed by atoms with van der Waals surface area (Å²) in [5.41, 5.74) is 3.13. The highest BCUT2D eigenvalue weighted by Gasteiger charge is 2.24. The van der Waals surface area contributed by atoms with Crippen LogP contribution in [0.3, 0.4) is 0 Å². The van der Waals surface area contributed by atoms with E-state index in [9.17, 15) is 4.79 Å². The molecule has 0 unspecified atom stereocenters. The van der Waals surface area contributed by atoms with Crippen LogP contribution in [0.25, 0.3) is 33.5 Å². The number of nitrogens with zero attached hydrogens (tertiary/aromatic N) is 4. The highest BCUT2D eigenvalue weighted by Crippen LogP contribution is 2.30. The predicted molar refractivity (Wildman–Crippen MR) is 83.6 cm³/mol. The summed E-state index contributed by atoms with van der Waals surface area (Å²) in [6, 6.07) is 13.5. The van der Waals surface area contributed by atoms with Crippen molar-refractivity contribution in [2.75, 3.05) is 0 Å². The Morgan fingerprint density at radius 1 is 1.05 bits per heavy atom. The molecule has 104 valence electrons. The first-order valence-electron chi connectivity index (χ1n) is 7.06. The fourth-order valence-corrected chi connectivity index (χ4v) is 3.03. The number of benzene rings is 1. The molecule has 0 aliphatic carbocycles. The topological polar surface area (TPSA) is 60.7 Å². The number of rotatable bonds is 0. The van der Waals surface area contributed by atoms with Crippen molar-refractivity contribution < 1.29 is 0 Å². The summed E-state index contributed by atoms with van der Waals surface area (Å²) < 4.78 is 1.68. The third-order valence-electron chi connectivity index (χ3n) is 4.07. The van der Waals surface area contributed by atoms with Gasteiger partial charge in [-0.3, -0.25) is 9.36 Å². The summed E-state index contributed by atoms with van der Waals surface area (Å²) in [6.07, 6.45) is 1.65. The average molecular weight is 286 g/mol. The second kappa shape index (κ2) is 3.98. The van der Waals surface area contributed by atoms with Crippen LogP contribution in [0.15, 0.2) is 53.5 Å². The van der Waals surface area contributed by atoms with Crippen molar-refractivity contribution in [1.29, 1.82) is 0 Å². The Morgan fingerprint density at radius 3 is 2.91 bits per heavy atom. The minimum absolute atomic E-state index is 0.0600. The fraction of sp³-hybridized carbons (Fsp3) is 0.0588. The van der Waals surface area contributed by atoms with E-state index in [0.29, 0.717) is 23.4 Å². The van der Waals surface area contributed by atoms with Crippen molar-refractivity contribution in [1.82, 2.24) is 19.5 Å². The zero-order chi connectivity index (χ0) is 14.7. The van der Waals surface area contributed by atoms with Crippen molar-refractivity contribution >= 4 is 21.9 Å². The van der Waals surface area contributed by atoms with Crippen LogP contribution in [0, 0.1) is 0 Å². The van der Waals surface area contributed by atoms with Crippen LogP contribution >= 0.6 is 0 Å². The Labute approximate surface area is 124 Å². The first kappa shape index (κ1) is 11.6. The van der Waals surface area contributed by atoms with E-state index in [1.54, 1.807) is 22.9 Å². The van der Waals surface area contributed by atoms with Crippen LogP contribution in [0.1, 0.15) is 5.56 Å². The van der Waals surface area contributed by atoms with Gasteiger partial charge in [-0.25, -0.2) is 15.0 Å². The number of hydrogen-bond acceptors (Lipinski definition) is 4. The number of hydrogen-bond donors (Lipinski definition) is 0. The minimum atomic E-state index is -0.0600. The zero-order valence-electron chi connectivity index (χ0n) is 11.5. The van der Waals surface area contributed by atoms with E-state index in [-0.39, 0.29) is 5.56 Å². The van der Waals surface area contributed by atoms with Gasteiger partial charge in [-0.05, 0) is 24.3 Å². The zero-order valence-corrected chi connectivity index (χ0v) is 11.5. The lowest BCUT2D eigenvalue weighted by Crippen LogP contribution is -2.20. The lowest BCUT2D eigenvalue weighted by atomic mass is 10.1. The second-order valence-corrected chi connectivity index (χ2v) is 5.39. The quantitative estimate of drug-likeness (QED) is 0.438. The third-order valence-corrected chi connectivity index (χ3v) is 4.07. The van der Waals surface area contributed by atoms with Gasteiger partial charge in [0.1, 0.15) is 5.69 Å². The van der Waals surface area contributed by atoms with Crippen molar-refractivity contribution in [2.24, 2.45) is 0 Å². The molecule has 0 saturated carbocycles. The molecule has 22 heavy (non-hydrogen) atoms. The lowest BCUT2D eigenvalue weighted by molar-refractivity contribution is 0.795. The van der Waals surface area contributed by atoms with Crippen molar-refractivity contribution in [3.05, 3.63) is 64.6 Å². The molecule has 5 nitrogen and oxygen atoms in total. The molecule has 0 radical (unpaired) electrons. The second-order valence-electron chi connectivity index (χ2n) is 5.39. The van der Waals surface area contributed by atoms with E-state index in [1.807, 2.05) is 24.3 Å². The van der Waals surface area contributed by atoms with Gasteiger partial charge in [0.15, 0.2) is 11.5 Å². The van der Waals surface area contributed by atoms with Gasteiger partial charge in [0.05, 0.1) is 17.4 Å². The molecule has 1 aliphatic heterocycles. The van der Waals surface area contributed by atoms with Gasteiger partial charge in [-0.15, -0.1) is 0 Å². The molecule has 0 fully saturated rings. The van der Waals surface area contributed by atoms with Gasteiger partial charge in [-0.2, -0.15) is 0 Å². The largest absolute Gasteiger partial charge is 0.286 e. The van der Waals surface area contributed by atoms with Crippen molar-refractivity contribution in [3.63, 3.8) is 0 Å². The van der Waals surface area contributed by atoms with Crippen LogP contribution in [0.4, 0.5) is 0 Å². The van der Waals surface area contributed by atoms with E-state index in [0.717, 1.165) is 22.2 Å². The molecule has 4 heterocycles. The predicted octanol–water partition coefficient (Wildman–Crippen LogP) is 2.37. The third kappa shape index (κ3) is 1.42. The van der Waals surface area contributed by atoms with Crippen molar-refractivity contribution in [2.45, 2.75) is 6.54 Å². The van der Waals surface area contributed by atoms with Gasteiger partial charge < -0.3 is 0 Å². The molecular weight excluding hydrogens is 276 g/mol. The van der Waals surface area contributed by atoms with E-state index >= 15 is 0 Å². The Kier molecular flexibility index (Phi) is 2.09. The first-order chi connectivity index (χ1) is 10.8. The van der Waals surface area contributed by atoms with Gasteiger partial charge in [0.25, 0.3) is 5.56 Å². The smallest absolute Gasteiger partial charge is 0.263 e. The van der Waals surface area contributed by atoms with Gasteiger partial charge in [0.2, 0.25) is 0 Å².